The van der Waals surface area contributed by atoms with Crippen molar-refractivity contribution in [1.29, 1.82) is 0 Å². The number of hydrogen-bond acceptors (Lipinski definition) is 1. The molecule has 0 atom stereocenters. The normalized spacial score (nSPS) is 10.4. The molecule has 0 saturated carbocycles. The highest BCUT2D eigenvalue weighted by molar-refractivity contribution is 5.76. The van der Waals surface area contributed by atoms with Crippen LogP contribution in [0.4, 0.5) is 0 Å². The van der Waals surface area contributed by atoms with Crippen molar-refractivity contribution in [2.24, 2.45) is 0 Å². The van der Waals surface area contributed by atoms with Gasteiger partial charge >= 0.3 is 0 Å². The number of hydrogen-bond donors (Lipinski definition) is 0. The Bertz CT molecular complexity index is 506. The van der Waals surface area contributed by atoms with Crippen LogP contribution in [-0.2, 0) is 0 Å². The Morgan fingerprint density at radius 2 is 1.06 bits per heavy atom. The van der Waals surface area contributed by atoms with E-state index in [9.17, 15) is 4.79 Å². The first kappa shape index (κ1) is 12.1. The fourth-order valence-corrected chi connectivity index (χ4v) is 1.62. The van der Waals surface area contributed by atoms with Crippen LogP contribution in [0.2, 0.25) is 0 Å². The molecule has 1 nitrogen and oxygen atoms in total. The molecule has 0 bridgehead atoms. The van der Waals surface area contributed by atoms with E-state index in [-0.39, 0.29) is 0 Å². The second-order valence-electron chi connectivity index (χ2n) is 3.99. The van der Waals surface area contributed by atoms with Crippen LogP contribution in [0.5, 0.6) is 0 Å². The summed E-state index contributed by atoms with van der Waals surface area (Å²) in [6.07, 6.45) is 6.74. The topological polar surface area (TPSA) is 17.1 Å². The van der Waals surface area contributed by atoms with Crippen molar-refractivity contribution in [1.82, 2.24) is 0 Å². The Labute approximate surface area is 107 Å². The lowest BCUT2D eigenvalue weighted by atomic mass is 10.1. The van der Waals surface area contributed by atoms with E-state index in [1.54, 1.807) is 0 Å². The minimum atomic E-state index is 0.697. The van der Waals surface area contributed by atoms with Gasteiger partial charge in [0, 0.05) is 5.56 Å². The van der Waals surface area contributed by atoms with E-state index in [1.807, 2.05) is 66.8 Å². The fourth-order valence-electron chi connectivity index (χ4n) is 1.62. The van der Waals surface area contributed by atoms with Crippen molar-refractivity contribution in [3.63, 3.8) is 0 Å². The maximum absolute atomic E-state index is 10.5. The molecule has 0 aliphatic rings. The van der Waals surface area contributed by atoms with Crippen LogP contribution in [0.1, 0.15) is 27.0 Å². The van der Waals surface area contributed by atoms with Gasteiger partial charge < -0.3 is 0 Å². The van der Waals surface area contributed by atoms with Gasteiger partial charge in [0.1, 0.15) is 6.29 Å². The van der Waals surface area contributed by atoms with E-state index in [0.717, 1.165) is 23.0 Å². The van der Waals surface area contributed by atoms with Crippen LogP contribution in [0, 0.1) is 0 Å². The van der Waals surface area contributed by atoms with Crippen molar-refractivity contribution in [2.75, 3.05) is 0 Å². The summed E-state index contributed by atoms with van der Waals surface area (Å²) in [5.41, 5.74) is 4.03. The molecule has 0 unspecified atom stereocenters. The molecule has 0 N–H and O–H groups in total. The van der Waals surface area contributed by atoms with Crippen LogP contribution in [-0.4, -0.2) is 6.29 Å². The molecule has 18 heavy (non-hydrogen) atoms. The zero-order valence-corrected chi connectivity index (χ0v) is 10.0. The molecule has 0 fully saturated rings. The summed E-state index contributed by atoms with van der Waals surface area (Å²) in [7, 11) is 0. The minimum Gasteiger partial charge on any atom is -0.298 e. The molecule has 0 aliphatic heterocycles. The average Bonchev–Trinajstić information content (AvgIpc) is 2.46. The van der Waals surface area contributed by atoms with Gasteiger partial charge in [-0.2, -0.15) is 0 Å². The standard InChI is InChI=1S/C17H14O/c1-2-14-3-5-15(6-4-14)7-8-16-9-11-17(13-18)12-10-16/h2-13H,1H2/b8-7+. The molecular formula is C17H14O. The predicted molar refractivity (Wildman–Crippen MR) is 77.3 cm³/mol. The number of rotatable bonds is 4. The molecule has 0 spiro atoms. The molecular weight excluding hydrogens is 220 g/mol. The Morgan fingerprint density at radius 3 is 1.44 bits per heavy atom. The molecule has 2 rings (SSSR count). The van der Waals surface area contributed by atoms with Crippen molar-refractivity contribution in [3.05, 3.63) is 77.4 Å². The van der Waals surface area contributed by atoms with E-state index in [2.05, 4.69) is 6.58 Å². The monoisotopic (exact) mass is 234 g/mol. The summed E-state index contributed by atoms with van der Waals surface area (Å²) in [4.78, 5) is 10.5. The van der Waals surface area contributed by atoms with E-state index < -0.39 is 0 Å². The van der Waals surface area contributed by atoms with Gasteiger partial charge in [-0.3, -0.25) is 4.79 Å². The average molecular weight is 234 g/mol. The largest absolute Gasteiger partial charge is 0.298 e. The van der Waals surface area contributed by atoms with Gasteiger partial charge in [0.15, 0.2) is 0 Å². The Hall–Kier alpha value is -2.41. The van der Waals surface area contributed by atoms with Crippen LogP contribution in [0.3, 0.4) is 0 Å². The lowest BCUT2D eigenvalue weighted by molar-refractivity contribution is 0.112. The summed E-state index contributed by atoms with van der Waals surface area (Å²) in [6.45, 7) is 3.72. The number of carbonyl (C=O) groups is 1. The first-order valence-electron chi connectivity index (χ1n) is 5.77. The highest BCUT2D eigenvalue weighted by Crippen LogP contribution is 2.11. The minimum absolute atomic E-state index is 0.697. The fraction of sp³-hybridized carbons (Fsp3) is 0. The zero-order chi connectivity index (χ0) is 12.8. The molecule has 0 amide bonds. The van der Waals surface area contributed by atoms with Crippen molar-refractivity contribution < 1.29 is 4.79 Å². The predicted octanol–water partition coefficient (Wildman–Crippen LogP) is 4.31. The first-order valence-corrected chi connectivity index (χ1v) is 5.77. The van der Waals surface area contributed by atoms with E-state index >= 15 is 0 Å². The Kier molecular flexibility index (Phi) is 3.87. The SMILES string of the molecule is C=Cc1ccc(/C=C/c2ccc(C=O)cc2)cc1. The zero-order valence-electron chi connectivity index (χ0n) is 10.0. The number of benzene rings is 2. The highest BCUT2D eigenvalue weighted by atomic mass is 16.1. The number of carbonyl (C=O) groups excluding carboxylic acids is 1. The van der Waals surface area contributed by atoms with E-state index in [1.165, 1.54) is 0 Å². The van der Waals surface area contributed by atoms with Gasteiger partial charge in [-0.15, -0.1) is 0 Å². The molecule has 1 heteroatoms. The maximum atomic E-state index is 10.5. The van der Waals surface area contributed by atoms with Gasteiger partial charge in [0.05, 0.1) is 0 Å². The van der Waals surface area contributed by atoms with Crippen LogP contribution in [0.25, 0.3) is 18.2 Å². The van der Waals surface area contributed by atoms with Gasteiger partial charge in [0.25, 0.3) is 0 Å². The smallest absolute Gasteiger partial charge is 0.150 e. The van der Waals surface area contributed by atoms with Gasteiger partial charge in [-0.05, 0) is 16.7 Å². The molecule has 2 aromatic rings. The third-order valence-electron chi connectivity index (χ3n) is 2.71. The van der Waals surface area contributed by atoms with Crippen LogP contribution < -0.4 is 0 Å². The van der Waals surface area contributed by atoms with Crippen LogP contribution in [0.15, 0.2) is 55.1 Å². The lowest BCUT2D eigenvalue weighted by Gasteiger charge is -1.96. The van der Waals surface area contributed by atoms with E-state index in [4.69, 9.17) is 0 Å². The second-order valence-corrected chi connectivity index (χ2v) is 3.99. The van der Waals surface area contributed by atoms with Gasteiger partial charge in [-0.1, -0.05) is 73.3 Å². The van der Waals surface area contributed by atoms with E-state index in [0.29, 0.717) is 5.56 Å². The summed E-state index contributed by atoms with van der Waals surface area (Å²) in [5.74, 6) is 0. The van der Waals surface area contributed by atoms with Gasteiger partial charge in [-0.25, -0.2) is 0 Å². The Morgan fingerprint density at radius 1 is 0.667 bits per heavy atom. The maximum Gasteiger partial charge on any atom is 0.150 e. The second kappa shape index (κ2) is 5.78. The van der Waals surface area contributed by atoms with Crippen LogP contribution >= 0.6 is 0 Å². The van der Waals surface area contributed by atoms with Crippen molar-refractivity contribution >= 4 is 24.5 Å². The first-order chi connectivity index (χ1) is 8.81. The summed E-state index contributed by atoms with van der Waals surface area (Å²) < 4.78 is 0. The molecule has 88 valence electrons. The summed E-state index contributed by atoms with van der Waals surface area (Å²) >= 11 is 0. The van der Waals surface area contributed by atoms with Crippen molar-refractivity contribution in [2.45, 2.75) is 0 Å². The molecule has 0 aromatic heterocycles. The third kappa shape index (κ3) is 3.05. The number of aldehydes is 1. The Balaban J connectivity index is 2.13. The molecule has 0 aliphatic carbocycles. The quantitative estimate of drug-likeness (QED) is 0.569. The molecule has 0 saturated heterocycles. The lowest BCUT2D eigenvalue weighted by Crippen LogP contribution is -1.79. The summed E-state index contributed by atoms with van der Waals surface area (Å²) in [6, 6.07) is 15.6. The molecule has 2 aromatic carbocycles. The molecule has 0 heterocycles. The summed E-state index contributed by atoms with van der Waals surface area (Å²) in [5, 5.41) is 0. The third-order valence-corrected chi connectivity index (χ3v) is 2.71. The van der Waals surface area contributed by atoms with Gasteiger partial charge in [0.2, 0.25) is 0 Å². The highest BCUT2D eigenvalue weighted by Gasteiger charge is 1.91. The van der Waals surface area contributed by atoms with Crippen molar-refractivity contribution in [3.8, 4) is 0 Å². The molecule has 0 radical (unpaired) electrons.